The van der Waals surface area contributed by atoms with Gasteiger partial charge in [0.1, 0.15) is 11.5 Å². The maximum Gasteiger partial charge on any atom is 0.230 e. The fourth-order valence-corrected chi connectivity index (χ4v) is 2.77. The van der Waals surface area contributed by atoms with Crippen molar-refractivity contribution in [2.45, 2.75) is 18.9 Å². The molecule has 1 amide bonds. The molecule has 1 aliphatic rings. The first-order valence-corrected chi connectivity index (χ1v) is 8.66. The lowest BCUT2D eigenvalue weighted by Crippen LogP contribution is -2.33. The quantitative estimate of drug-likeness (QED) is 0.705. The number of carbonyl (C=O) groups is 1. The van der Waals surface area contributed by atoms with Gasteiger partial charge >= 0.3 is 0 Å². The zero-order valence-electron chi connectivity index (χ0n) is 12.9. The Bertz CT molecular complexity index is 446. The SMILES string of the molecule is COc1ccc(OCCSCC(=O)NC[C@H]2CCCO2)cc1. The Hall–Kier alpha value is -1.40. The standard InChI is InChI=1S/C16H23NO4S/c1-19-13-4-6-14(7-5-13)21-9-10-22-12-16(18)17-11-15-3-2-8-20-15/h4-7,15H,2-3,8-12H2,1H3,(H,17,18)/t15-/m1/s1. The summed E-state index contributed by atoms with van der Waals surface area (Å²) >= 11 is 1.57. The minimum Gasteiger partial charge on any atom is -0.497 e. The van der Waals surface area contributed by atoms with Crippen LogP contribution in [0, 0.1) is 0 Å². The van der Waals surface area contributed by atoms with Gasteiger partial charge in [0.2, 0.25) is 5.91 Å². The summed E-state index contributed by atoms with van der Waals surface area (Å²) in [7, 11) is 1.64. The fraction of sp³-hybridized carbons (Fsp3) is 0.562. The van der Waals surface area contributed by atoms with Gasteiger partial charge in [-0.15, -0.1) is 11.8 Å². The lowest BCUT2D eigenvalue weighted by Gasteiger charge is -2.10. The van der Waals surface area contributed by atoms with Gasteiger partial charge in [-0.25, -0.2) is 0 Å². The number of carbonyl (C=O) groups excluding carboxylic acids is 1. The van der Waals surface area contributed by atoms with Crippen molar-refractivity contribution in [3.8, 4) is 11.5 Å². The first-order valence-electron chi connectivity index (χ1n) is 7.51. The molecular formula is C16H23NO4S. The molecule has 1 N–H and O–H groups in total. The zero-order valence-corrected chi connectivity index (χ0v) is 13.7. The number of hydrogen-bond donors (Lipinski definition) is 1. The summed E-state index contributed by atoms with van der Waals surface area (Å²) in [6, 6.07) is 7.47. The van der Waals surface area contributed by atoms with Gasteiger partial charge in [-0.05, 0) is 37.1 Å². The van der Waals surface area contributed by atoms with Crippen LogP contribution in [0.4, 0.5) is 0 Å². The van der Waals surface area contributed by atoms with E-state index in [4.69, 9.17) is 14.2 Å². The number of benzene rings is 1. The van der Waals surface area contributed by atoms with Crippen LogP contribution in [0.25, 0.3) is 0 Å². The Morgan fingerprint density at radius 2 is 2.14 bits per heavy atom. The second kappa shape index (κ2) is 9.58. The van der Waals surface area contributed by atoms with Gasteiger partial charge in [0, 0.05) is 18.9 Å². The highest BCUT2D eigenvalue weighted by molar-refractivity contribution is 7.99. The van der Waals surface area contributed by atoms with E-state index in [1.54, 1.807) is 18.9 Å². The largest absolute Gasteiger partial charge is 0.497 e. The summed E-state index contributed by atoms with van der Waals surface area (Å²) in [5.41, 5.74) is 0. The van der Waals surface area contributed by atoms with E-state index >= 15 is 0 Å². The van der Waals surface area contributed by atoms with Gasteiger partial charge in [0.15, 0.2) is 0 Å². The Balaban J connectivity index is 1.50. The van der Waals surface area contributed by atoms with Gasteiger partial charge in [0.05, 0.1) is 25.6 Å². The Morgan fingerprint density at radius 3 is 2.82 bits per heavy atom. The molecule has 1 aromatic carbocycles. The molecule has 0 bridgehead atoms. The summed E-state index contributed by atoms with van der Waals surface area (Å²) in [6.07, 6.45) is 2.34. The second-order valence-corrected chi connectivity index (χ2v) is 6.12. The summed E-state index contributed by atoms with van der Waals surface area (Å²) in [6.45, 7) is 2.02. The van der Waals surface area contributed by atoms with Crippen LogP contribution in [0.1, 0.15) is 12.8 Å². The normalized spacial score (nSPS) is 17.2. The number of methoxy groups -OCH3 is 1. The Labute approximate surface area is 135 Å². The van der Waals surface area contributed by atoms with E-state index in [0.717, 1.165) is 36.7 Å². The van der Waals surface area contributed by atoms with Crippen molar-refractivity contribution in [2.75, 3.05) is 38.4 Å². The number of nitrogens with one attached hydrogen (secondary N) is 1. The molecule has 2 rings (SSSR count). The third kappa shape index (κ3) is 6.15. The predicted molar refractivity (Wildman–Crippen MR) is 87.8 cm³/mol. The predicted octanol–water partition coefficient (Wildman–Crippen LogP) is 2.10. The molecule has 6 heteroatoms. The van der Waals surface area contributed by atoms with Crippen LogP contribution in [0.15, 0.2) is 24.3 Å². The maximum absolute atomic E-state index is 11.7. The first kappa shape index (κ1) is 17.0. The van der Waals surface area contributed by atoms with E-state index in [9.17, 15) is 4.79 Å². The molecule has 0 aliphatic carbocycles. The Morgan fingerprint density at radius 1 is 1.36 bits per heavy atom. The smallest absolute Gasteiger partial charge is 0.230 e. The number of thioether (sulfide) groups is 1. The van der Waals surface area contributed by atoms with E-state index in [-0.39, 0.29) is 12.0 Å². The zero-order chi connectivity index (χ0) is 15.6. The molecular weight excluding hydrogens is 302 g/mol. The van der Waals surface area contributed by atoms with Crippen LogP contribution in [0.3, 0.4) is 0 Å². The highest BCUT2D eigenvalue weighted by Gasteiger charge is 2.15. The maximum atomic E-state index is 11.7. The van der Waals surface area contributed by atoms with Gasteiger partial charge in [-0.2, -0.15) is 0 Å². The lowest BCUT2D eigenvalue weighted by atomic mass is 10.2. The Kier molecular flexibility index (Phi) is 7.39. The molecule has 1 fully saturated rings. The van der Waals surface area contributed by atoms with Crippen molar-refractivity contribution in [3.05, 3.63) is 24.3 Å². The van der Waals surface area contributed by atoms with Gasteiger partial charge in [0.25, 0.3) is 0 Å². The minimum atomic E-state index is 0.0601. The third-order valence-electron chi connectivity index (χ3n) is 3.34. The molecule has 122 valence electrons. The van der Waals surface area contributed by atoms with Gasteiger partial charge in [-0.1, -0.05) is 0 Å². The van der Waals surface area contributed by atoms with Crippen molar-refractivity contribution >= 4 is 17.7 Å². The molecule has 1 aliphatic heterocycles. The lowest BCUT2D eigenvalue weighted by molar-refractivity contribution is -0.119. The first-order chi connectivity index (χ1) is 10.8. The van der Waals surface area contributed by atoms with Crippen molar-refractivity contribution in [1.29, 1.82) is 0 Å². The molecule has 0 unspecified atom stereocenters. The van der Waals surface area contributed by atoms with E-state index < -0.39 is 0 Å². The van der Waals surface area contributed by atoms with Crippen LogP contribution < -0.4 is 14.8 Å². The van der Waals surface area contributed by atoms with E-state index in [1.165, 1.54) is 0 Å². The monoisotopic (exact) mass is 325 g/mol. The van der Waals surface area contributed by atoms with E-state index in [1.807, 2.05) is 24.3 Å². The average molecular weight is 325 g/mol. The number of rotatable bonds is 9. The van der Waals surface area contributed by atoms with Crippen LogP contribution in [0.2, 0.25) is 0 Å². The molecule has 0 radical (unpaired) electrons. The summed E-state index contributed by atoms with van der Waals surface area (Å²) < 4.78 is 16.1. The van der Waals surface area contributed by atoms with E-state index in [2.05, 4.69) is 5.32 Å². The number of ether oxygens (including phenoxy) is 3. The molecule has 1 aromatic rings. The third-order valence-corrected chi connectivity index (χ3v) is 4.26. The van der Waals surface area contributed by atoms with Crippen molar-refractivity contribution < 1.29 is 19.0 Å². The highest BCUT2D eigenvalue weighted by Crippen LogP contribution is 2.17. The highest BCUT2D eigenvalue weighted by atomic mass is 32.2. The van der Waals surface area contributed by atoms with Crippen LogP contribution in [-0.4, -0.2) is 50.4 Å². The number of amides is 1. The summed E-state index contributed by atoms with van der Waals surface area (Å²) in [5, 5.41) is 2.91. The molecule has 1 heterocycles. The summed E-state index contributed by atoms with van der Waals surface area (Å²) in [5.74, 6) is 2.91. The molecule has 1 atom stereocenters. The van der Waals surface area contributed by atoms with Crippen molar-refractivity contribution in [2.24, 2.45) is 0 Å². The van der Waals surface area contributed by atoms with Gasteiger partial charge in [-0.3, -0.25) is 4.79 Å². The molecule has 22 heavy (non-hydrogen) atoms. The van der Waals surface area contributed by atoms with Crippen molar-refractivity contribution in [3.63, 3.8) is 0 Å². The van der Waals surface area contributed by atoms with Crippen LogP contribution in [-0.2, 0) is 9.53 Å². The van der Waals surface area contributed by atoms with Crippen LogP contribution >= 0.6 is 11.8 Å². The average Bonchev–Trinajstić information content (AvgIpc) is 3.06. The number of hydrogen-bond acceptors (Lipinski definition) is 5. The molecule has 1 saturated heterocycles. The summed E-state index contributed by atoms with van der Waals surface area (Å²) in [4.78, 5) is 11.7. The van der Waals surface area contributed by atoms with Gasteiger partial charge < -0.3 is 19.5 Å². The van der Waals surface area contributed by atoms with Crippen LogP contribution in [0.5, 0.6) is 11.5 Å². The molecule has 5 nitrogen and oxygen atoms in total. The van der Waals surface area contributed by atoms with E-state index in [0.29, 0.717) is 18.9 Å². The molecule has 0 saturated carbocycles. The van der Waals surface area contributed by atoms with Crippen molar-refractivity contribution in [1.82, 2.24) is 5.32 Å². The fourth-order valence-electron chi connectivity index (χ4n) is 2.14. The minimum absolute atomic E-state index is 0.0601. The second-order valence-electron chi connectivity index (χ2n) is 5.02. The molecule has 0 aromatic heterocycles. The molecule has 0 spiro atoms. The topological polar surface area (TPSA) is 56.8 Å².